The van der Waals surface area contributed by atoms with Gasteiger partial charge < -0.3 is 9.64 Å². The zero-order valence-electron chi connectivity index (χ0n) is 11.3. The van der Waals surface area contributed by atoms with Gasteiger partial charge in [0, 0.05) is 30.1 Å². The number of nitriles is 2. The molecule has 0 aliphatic carbocycles. The fraction of sp³-hybridized carbons (Fsp3) is 0.467. The van der Waals surface area contributed by atoms with Gasteiger partial charge in [-0.3, -0.25) is 0 Å². The molecule has 2 rings (SSSR count). The van der Waals surface area contributed by atoms with Gasteiger partial charge in [0.05, 0.1) is 6.10 Å². The average molecular weight is 255 g/mol. The maximum Gasteiger partial charge on any atom is 0.137 e. The molecular formula is C15H17N3O. The van der Waals surface area contributed by atoms with E-state index in [4.69, 9.17) is 15.3 Å². The minimum atomic E-state index is 0.162. The molecule has 0 radical (unpaired) electrons. The predicted molar refractivity (Wildman–Crippen MR) is 71.4 cm³/mol. The van der Waals surface area contributed by atoms with Crippen LogP contribution >= 0.6 is 0 Å². The van der Waals surface area contributed by atoms with Crippen LogP contribution in [-0.4, -0.2) is 24.2 Å². The van der Waals surface area contributed by atoms with Gasteiger partial charge in [0.2, 0.25) is 0 Å². The Morgan fingerprint density at radius 2 is 1.95 bits per heavy atom. The monoisotopic (exact) mass is 255 g/mol. The number of allylic oxidation sites excluding steroid dienone is 6. The number of ether oxygens (including phenoxy) is 1. The third-order valence-electron chi connectivity index (χ3n) is 3.50. The zero-order chi connectivity index (χ0) is 13.8. The van der Waals surface area contributed by atoms with Gasteiger partial charge >= 0.3 is 0 Å². The normalized spacial score (nSPS) is 22.4. The van der Waals surface area contributed by atoms with Gasteiger partial charge in [-0.05, 0) is 38.8 Å². The first-order valence-corrected chi connectivity index (χ1v) is 6.46. The molecule has 0 aromatic carbocycles. The van der Waals surface area contributed by atoms with Crippen LogP contribution in [0.4, 0.5) is 0 Å². The van der Waals surface area contributed by atoms with Crippen LogP contribution < -0.4 is 0 Å². The third kappa shape index (κ3) is 2.86. The van der Waals surface area contributed by atoms with E-state index in [-0.39, 0.29) is 11.7 Å². The van der Waals surface area contributed by atoms with Crippen LogP contribution in [0, 0.1) is 22.7 Å². The van der Waals surface area contributed by atoms with Crippen molar-refractivity contribution in [3.05, 3.63) is 34.7 Å². The number of hydrogen-bond donors (Lipinski definition) is 0. The number of nitrogens with zero attached hydrogens (tertiary/aromatic N) is 3. The van der Waals surface area contributed by atoms with Gasteiger partial charge in [-0.15, -0.1) is 0 Å². The standard InChI is InChI=1S/C15H17N3O/c1-11-6-13(14(8-16)9-17)7-12(2)18(11)10-15-4-3-5-19-15/h6-7,15H,3-5,10H2,1-2H3/t15-/m1/s1. The average Bonchev–Trinajstić information content (AvgIpc) is 2.88. The van der Waals surface area contributed by atoms with Crippen molar-refractivity contribution in [3.8, 4) is 12.1 Å². The van der Waals surface area contributed by atoms with Crippen LogP contribution in [0.25, 0.3) is 0 Å². The lowest BCUT2D eigenvalue weighted by Crippen LogP contribution is -2.31. The molecule has 4 heteroatoms. The van der Waals surface area contributed by atoms with E-state index in [9.17, 15) is 0 Å². The molecule has 0 aromatic heterocycles. The van der Waals surface area contributed by atoms with E-state index in [0.29, 0.717) is 5.57 Å². The summed E-state index contributed by atoms with van der Waals surface area (Å²) in [7, 11) is 0. The summed E-state index contributed by atoms with van der Waals surface area (Å²) in [6.45, 7) is 5.68. The van der Waals surface area contributed by atoms with Crippen LogP contribution in [0.15, 0.2) is 34.7 Å². The maximum atomic E-state index is 8.92. The molecule has 0 N–H and O–H groups in total. The number of rotatable bonds is 2. The van der Waals surface area contributed by atoms with Crippen molar-refractivity contribution in [2.24, 2.45) is 0 Å². The summed E-state index contributed by atoms with van der Waals surface area (Å²) < 4.78 is 5.66. The van der Waals surface area contributed by atoms with Gasteiger partial charge in [-0.1, -0.05) is 0 Å². The van der Waals surface area contributed by atoms with Crippen molar-refractivity contribution in [2.45, 2.75) is 32.8 Å². The van der Waals surface area contributed by atoms with Crippen molar-refractivity contribution in [1.82, 2.24) is 4.90 Å². The van der Waals surface area contributed by atoms with E-state index in [1.807, 2.05) is 38.1 Å². The fourth-order valence-corrected chi connectivity index (χ4v) is 2.50. The molecular weight excluding hydrogens is 238 g/mol. The Hall–Kier alpha value is -2.04. The zero-order valence-corrected chi connectivity index (χ0v) is 11.3. The smallest absolute Gasteiger partial charge is 0.137 e. The summed E-state index contributed by atoms with van der Waals surface area (Å²) in [6, 6.07) is 3.87. The molecule has 4 nitrogen and oxygen atoms in total. The highest BCUT2D eigenvalue weighted by Gasteiger charge is 2.22. The van der Waals surface area contributed by atoms with E-state index >= 15 is 0 Å². The minimum Gasteiger partial charge on any atom is -0.376 e. The Balaban J connectivity index is 2.21. The molecule has 0 amide bonds. The van der Waals surface area contributed by atoms with Crippen LogP contribution in [-0.2, 0) is 4.74 Å². The highest BCUT2D eigenvalue weighted by atomic mass is 16.5. The molecule has 19 heavy (non-hydrogen) atoms. The lowest BCUT2D eigenvalue weighted by atomic mass is 10.0. The van der Waals surface area contributed by atoms with Crippen LogP contribution in [0.5, 0.6) is 0 Å². The third-order valence-corrected chi connectivity index (χ3v) is 3.50. The highest BCUT2D eigenvalue weighted by molar-refractivity contribution is 5.53. The van der Waals surface area contributed by atoms with Crippen molar-refractivity contribution in [3.63, 3.8) is 0 Å². The Bertz CT molecular complexity index is 499. The maximum absolute atomic E-state index is 8.92. The second kappa shape index (κ2) is 5.73. The van der Waals surface area contributed by atoms with E-state index in [0.717, 1.165) is 37.4 Å². The number of hydrogen-bond acceptors (Lipinski definition) is 4. The minimum absolute atomic E-state index is 0.162. The lowest BCUT2D eigenvalue weighted by Gasteiger charge is -2.31. The molecule has 2 aliphatic heterocycles. The van der Waals surface area contributed by atoms with Crippen molar-refractivity contribution < 1.29 is 4.74 Å². The quantitative estimate of drug-likeness (QED) is 0.712. The van der Waals surface area contributed by atoms with E-state index < -0.39 is 0 Å². The van der Waals surface area contributed by atoms with Crippen molar-refractivity contribution in [2.75, 3.05) is 13.2 Å². The Kier molecular flexibility index (Phi) is 4.04. The lowest BCUT2D eigenvalue weighted by molar-refractivity contribution is 0.0906. The summed E-state index contributed by atoms with van der Waals surface area (Å²) in [6.07, 6.45) is 6.29. The molecule has 98 valence electrons. The van der Waals surface area contributed by atoms with E-state index in [1.54, 1.807) is 0 Å². The molecule has 0 saturated carbocycles. The van der Waals surface area contributed by atoms with Gasteiger partial charge in [-0.25, -0.2) is 0 Å². The van der Waals surface area contributed by atoms with Gasteiger partial charge in [0.15, 0.2) is 0 Å². The molecule has 0 spiro atoms. The van der Waals surface area contributed by atoms with Crippen LogP contribution in [0.1, 0.15) is 26.7 Å². The molecule has 2 aliphatic rings. The molecule has 1 saturated heterocycles. The van der Waals surface area contributed by atoms with Gasteiger partial charge in [0.25, 0.3) is 0 Å². The molecule has 1 atom stereocenters. The first-order chi connectivity index (χ1) is 9.15. The summed E-state index contributed by atoms with van der Waals surface area (Å²) >= 11 is 0. The first-order valence-electron chi connectivity index (χ1n) is 6.46. The molecule has 2 heterocycles. The van der Waals surface area contributed by atoms with Crippen LogP contribution in [0.3, 0.4) is 0 Å². The summed E-state index contributed by atoms with van der Waals surface area (Å²) in [5.74, 6) is 0. The van der Waals surface area contributed by atoms with Gasteiger partial charge in [0.1, 0.15) is 17.7 Å². The van der Waals surface area contributed by atoms with Gasteiger partial charge in [-0.2, -0.15) is 10.5 Å². The Morgan fingerprint density at radius 3 is 2.42 bits per heavy atom. The summed E-state index contributed by atoms with van der Waals surface area (Å²) in [5.41, 5.74) is 2.96. The van der Waals surface area contributed by atoms with Crippen molar-refractivity contribution >= 4 is 0 Å². The predicted octanol–water partition coefficient (Wildman–Crippen LogP) is 2.63. The Labute approximate surface area is 113 Å². The topological polar surface area (TPSA) is 60.0 Å². The van der Waals surface area contributed by atoms with Crippen molar-refractivity contribution in [1.29, 1.82) is 10.5 Å². The second-order valence-electron chi connectivity index (χ2n) is 4.87. The van der Waals surface area contributed by atoms with E-state index in [1.165, 1.54) is 0 Å². The molecule has 1 fully saturated rings. The first kappa shape index (κ1) is 13.4. The highest BCUT2D eigenvalue weighted by Crippen LogP contribution is 2.26. The Morgan fingerprint density at radius 1 is 1.32 bits per heavy atom. The fourth-order valence-electron chi connectivity index (χ4n) is 2.50. The largest absolute Gasteiger partial charge is 0.376 e. The van der Waals surface area contributed by atoms with Crippen LogP contribution in [0.2, 0.25) is 0 Å². The van der Waals surface area contributed by atoms with E-state index in [2.05, 4.69) is 4.90 Å². The molecule has 0 aromatic rings. The molecule has 0 unspecified atom stereocenters. The molecule has 0 bridgehead atoms. The second-order valence-corrected chi connectivity index (χ2v) is 4.87. The summed E-state index contributed by atoms with van der Waals surface area (Å²) in [5, 5.41) is 17.8. The summed E-state index contributed by atoms with van der Waals surface area (Å²) in [4.78, 5) is 2.19. The SMILES string of the molecule is CC1=CC(=C(C#N)C#N)C=C(C)N1C[C@H]1CCCO1.